The van der Waals surface area contributed by atoms with Gasteiger partial charge >= 0.3 is 0 Å². The Morgan fingerprint density at radius 1 is 1.53 bits per heavy atom. The second-order valence-electron chi connectivity index (χ2n) is 4.74. The third-order valence-corrected chi connectivity index (χ3v) is 4.50. The predicted molar refractivity (Wildman–Crippen MR) is 79.2 cm³/mol. The first-order valence-corrected chi connectivity index (χ1v) is 7.35. The molecule has 5 heteroatoms. The van der Waals surface area contributed by atoms with Crippen LogP contribution in [0.3, 0.4) is 0 Å². The molecule has 1 atom stereocenters. The Morgan fingerprint density at radius 2 is 2.16 bits per heavy atom. The molecule has 1 amide bonds. The lowest BCUT2D eigenvalue weighted by Crippen LogP contribution is -2.49. The number of nitrogens with one attached hydrogen (secondary N) is 1. The van der Waals surface area contributed by atoms with Crippen molar-refractivity contribution in [3.8, 4) is 6.07 Å². The van der Waals surface area contributed by atoms with E-state index in [1.54, 1.807) is 13.0 Å². The second-order valence-corrected chi connectivity index (χ2v) is 6.16. The minimum Gasteiger partial charge on any atom is -0.337 e. The van der Waals surface area contributed by atoms with E-state index in [0.29, 0.717) is 5.02 Å². The molecule has 0 fully saturated rings. The Morgan fingerprint density at radius 3 is 2.68 bits per heavy atom. The Labute approximate surface area is 123 Å². The number of hydrogen-bond donors (Lipinski definition) is 1. The molecule has 1 rings (SSSR count). The van der Waals surface area contributed by atoms with Crippen LogP contribution in [-0.4, -0.2) is 17.2 Å². The molecule has 1 aromatic rings. The third-order valence-electron chi connectivity index (χ3n) is 2.98. The van der Waals surface area contributed by atoms with Gasteiger partial charge in [-0.1, -0.05) is 37.6 Å². The van der Waals surface area contributed by atoms with Gasteiger partial charge in [-0.25, -0.2) is 0 Å². The van der Waals surface area contributed by atoms with Crippen LogP contribution in [0.2, 0.25) is 5.02 Å². The number of halogens is 1. The number of nitrogens with zero attached hydrogens (tertiary/aromatic N) is 1. The quantitative estimate of drug-likeness (QED) is 0.846. The molecule has 3 nitrogen and oxygen atoms in total. The summed E-state index contributed by atoms with van der Waals surface area (Å²) in [5.74, 6) is 0.128. The number of carbonyl (C=O) groups is 1. The van der Waals surface area contributed by atoms with E-state index in [2.05, 4.69) is 11.4 Å². The smallest absolute Gasteiger partial charge is 0.231 e. The van der Waals surface area contributed by atoms with Crippen LogP contribution in [0.1, 0.15) is 20.8 Å². The largest absolute Gasteiger partial charge is 0.337 e. The summed E-state index contributed by atoms with van der Waals surface area (Å²) >= 11 is 7.38. The average molecular weight is 297 g/mol. The molecule has 0 aliphatic carbocycles. The van der Waals surface area contributed by atoms with Crippen LogP contribution in [0.15, 0.2) is 29.2 Å². The molecule has 0 aromatic heterocycles. The normalized spacial score (nSPS) is 13.7. The lowest BCUT2D eigenvalue weighted by Gasteiger charge is -2.27. The zero-order valence-electron chi connectivity index (χ0n) is 11.2. The standard InChI is InChI=1S/C14H17ClN2OS/c1-10(2)14(3,9-16)17-13(18)8-19-12-7-5-4-6-11(12)15/h4-7,10H,8H2,1-3H3,(H,17,18)/t14-/m0/s1. The lowest BCUT2D eigenvalue weighted by molar-refractivity contribution is -0.120. The summed E-state index contributed by atoms with van der Waals surface area (Å²) < 4.78 is 0. The zero-order chi connectivity index (χ0) is 14.5. The first-order chi connectivity index (χ1) is 8.89. The van der Waals surface area contributed by atoms with Gasteiger partial charge in [0.15, 0.2) is 0 Å². The van der Waals surface area contributed by atoms with Gasteiger partial charge in [0.25, 0.3) is 0 Å². The molecule has 0 aliphatic rings. The van der Waals surface area contributed by atoms with Gasteiger partial charge in [0.05, 0.1) is 16.8 Å². The van der Waals surface area contributed by atoms with Crippen molar-refractivity contribution in [2.45, 2.75) is 31.2 Å². The molecule has 102 valence electrons. The average Bonchev–Trinajstić information content (AvgIpc) is 2.37. The van der Waals surface area contributed by atoms with Crippen LogP contribution >= 0.6 is 23.4 Å². The van der Waals surface area contributed by atoms with Gasteiger partial charge in [-0.2, -0.15) is 5.26 Å². The van der Waals surface area contributed by atoms with Crippen molar-refractivity contribution in [3.05, 3.63) is 29.3 Å². The fraction of sp³-hybridized carbons (Fsp3) is 0.429. The summed E-state index contributed by atoms with van der Waals surface area (Å²) in [6.45, 7) is 5.55. The number of nitriles is 1. The highest BCUT2D eigenvalue weighted by Gasteiger charge is 2.29. The molecule has 0 bridgehead atoms. The van der Waals surface area contributed by atoms with Crippen molar-refractivity contribution in [3.63, 3.8) is 0 Å². The van der Waals surface area contributed by atoms with Gasteiger partial charge in [-0.15, -0.1) is 11.8 Å². The molecule has 1 N–H and O–H groups in total. The van der Waals surface area contributed by atoms with Crippen LogP contribution in [-0.2, 0) is 4.79 Å². The maximum Gasteiger partial charge on any atom is 0.231 e. The highest BCUT2D eigenvalue weighted by molar-refractivity contribution is 8.00. The van der Waals surface area contributed by atoms with Crippen molar-refractivity contribution in [2.24, 2.45) is 5.92 Å². The Bertz CT molecular complexity index is 498. The maximum atomic E-state index is 11.9. The molecule has 0 unspecified atom stereocenters. The van der Waals surface area contributed by atoms with Crippen LogP contribution < -0.4 is 5.32 Å². The van der Waals surface area contributed by atoms with Crippen molar-refractivity contribution >= 4 is 29.3 Å². The molecular formula is C14H17ClN2OS. The van der Waals surface area contributed by atoms with E-state index in [-0.39, 0.29) is 17.6 Å². The van der Waals surface area contributed by atoms with Gasteiger partial charge in [-0.3, -0.25) is 4.79 Å². The van der Waals surface area contributed by atoms with E-state index >= 15 is 0 Å². The molecule has 0 aliphatic heterocycles. The molecule has 0 heterocycles. The second kappa shape index (κ2) is 6.83. The van der Waals surface area contributed by atoms with Crippen molar-refractivity contribution in [2.75, 3.05) is 5.75 Å². The molecule has 1 aromatic carbocycles. The minimum atomic E-state index is -0.835. The molecule has 19 heavy (non-hydrogen) atoms. The van der Waals surface area contributed by atoms with Crippen LogP contribution in [0, 0.1) is 17.2 Å². The summed E-state index contributed by atoms with van der Waals surface area (Å²) in [5.41, 5.74) is -0.835. The number of amides is 1. The Balaban J connectivity index is 2.58. The van der Waals surface area contributed by atoms with Gasteiger partial charge < -0.3 is 5.32 Å². The molecule has 0 radical (unpaired) electrons. The maximum absolute atomic E-state index is 11.9. The van der Waals surface area contributed by atoms with E-state index in [0.717, 1.165) is 4.90 Å². The fourth-order valence-corrected chi connectivity index (χ4v) is 2.37. The minimum absolute atomic E-state index is 0.0479. The molecule has 0 spiro atoms. The van der Waals surface area contributed by atoms with Gasteiger partial charge in [-0.05, 0) is 25.0 Å². The lowest BCUT2D eigenvalue weighted by atomic mass is 9.90. The number of rotatable bonds is 5. The van der Waals surface area contributed by atoms with E-state index in [4.69, 9.17) is 16.9 Å². The zero-order valence-corrected chi connectivity index (χ0v) is 12.8. The first-order valence-electron chi connectivity index (χ1n) is 5.98. The highest BCUT2D eigenvalue weighted by Crippen LogP contribution is 2.26. The topological polar surface area (TPSA) is 52.9 Å². The summed E-state index contributed by atoms with van der Waals surface area (Å²) in [6, 6.07) is 9.53. The number of carbonyl (C=O) groups excluding carboxylic acids is 1. The van der Waals surface area contributed by atoms with Crippen molar-refractivity contribution < 1.29 is 4.79 Å². The monoisotopic (exact) mass is 296 g/mol. The molecule has 0 saturated heterocycles. The summed E-state index contributed by atoms with van der Waals surface area (Å²) in [7, 11) is 0. The molecule has 0 saturated carbocycles. The summed E-state index contributed by atoms with van der Waals surface area (Å²) in [5, 5.41) is 12.5. The van der Waals surface area contributed by atoms with Crippen LogP contribution in [0.4, 0.5) is 0 Å². The number of thioether (sulfide) groups is 1. The Hall–Kier alpha value is -1.18. The van der Waals surface area contributed by atoms with Crippen molar-refractivity contribution in [1.29, 1.82) is 5.26 Å². The van der Waals surface area contributed by atoms with E-state index in [9.17, 15) is 4.79 Å². The number of hydrogen-bond acceptors (Lipinski definition) is 3. The molecular weight excluding hydrogens is 280 g/mol. The highest BCUT2D eigenvalue weighted by atomic mass is 35.5. The van der Waals surface area contributed by atoms with Gasteiger partial charge in [0.2, 0.25) is 5.91 Å². The van der Waals surface area contributed by atoms with E-state index in [1.165, 1.54) is 11.8 Å². The van der Waals surface area contributed by atoms with Crippen LogP contribution in [0.5, 0.6) is 0 Å². The third kappa shape index (κ3) is 4.45. The Kier molecular flexibility index (Phi) is 5.71. The summed E-state index contributed by atoms with van der Waals surface area (Å²) in [4.78, 5) is 12.7. The van der Waals surface area contributed by atoms with Gasteiger partial charge in [0, 0.05) is 4.90 Å². The van der Waals surface area contributed by atoms with Crippen molar-refractivity contribution in [1.82, 2.24) is 5.32 Å². The predicted octanol–water partition coefficient (Wildman–Crippen LogP) is 3.49. The fourth-order valence-electron chi connectivity index (χ4n) is 1.33. The van der Waals surface area contributed by atoms with Gasteiger partial charge in [0.1, 0.15) is 5.54 Å². The van der Waals surface area contributed by atoms with E-state index in [1.807, 2.05) is 32.0 Å². The SMILES string of the molecule is CC(C)[C@](C)(C#N)NC(=O)CSc1ccccc1Cl. The van der Waals surface area contributed by atoms with Crippen LogP contribution in [0.25, 0.3) is 0 Å². The number of benzene rings is 1. The summed E-state index contributed by atoms with van der Waals surface area (Å²) in [6.07, 6.45) is 0. The first kappa shape index (κ1) is 15.9. The van der Waals surface area contributed by atoms with E-state index < -0.39 is 5.54 Å².